The summed E-state index contributed by atoms with van der Waals surface area (Å²) in [5.41, 5.74) is 0. The summed E-state index contributed by atoms with van der Waals surface area (Å²) in [6.45, 7) is 2.59. The summed E-state index contributed by atoms with van der Waals surface area (Å²) < 4.78 is 43.4. The molecule has 0 saturated heterocycles. The number of carbonyl (C=O) groups excluding carboxylic acids is 1. The Kier molecular flexibility index (Phi) is 8.75. The molecule has 0 aliphatic carbocycles. The van der Waals surface area contributed by atoms with E-state index in [9.17, 15) is 13.2 Å². The van der Waals surface area contributed by atoms with E-state index in [0.717, 1.165) is 4.47 Å². The molecule has 0 unspecified atom stereocenters. The van der Waals surface area contributed by atoms with Crippen LogP contribution < -0.4 is 14.2 Å². The maximum Gasteiger partial charge on any atom is 0.307 e. The van der Waals surface area contributed by atoms with E-state index in [1.54, 1.807) is 24.3 Å². The summed E-state index contributed by atoms with van der Waals surface area (Å²) in [6.07, 6.45) is -0.0749. The number of hydrogen-bond donors (Lipinski definition) is 1. The van der Waals surface area contributed by atoms with E-state index in [-0.39, 0.29) is 31.1 Å². The lowest BCUT2D eigenvalue weighted by Gasteiger charge is -2.09. The Morgan fingerprint density at radius 2 is 1.57 bits per heavy atom. The van der Waals surface area contributed by atoms with E-state index in [2.05, 4.69) is 20.7 Å². The normalized spacial score (nSPS) is 11.1. The van der Waals surface area contributed by atoms with E-state index >= 15 is 0 Å². The van der Waals surface area contributed by atoms with Gasteiger partial charge in [-0.3, -0.25) is 4.79 Å². The lowest BCUT2D eigenvalue weighted by atomic mass is 10.3. The maximum atomic E-state index is 12.2. The summed E-state index contributed by atoms with van der Waals surface area (Å²) in [6, 6.07) is 13.3. The molecule has 7 nitrogen and oxygen atoms in total. The Morgan fingerprint density at radius 1 is 0.964 bits per heavy atom. The zero-order valence-corrected chi connectivity index (χ0v) is 17.8. The van der Waals surface area contributed by atoms with Crippen LogP contribution in [0.5, 0.6) is 11.5 Å². The van der Waals surface area contributed by atoms with Crippen molar-refractivity contribution in [2.24, 2.45) is 0 Å². The fourth-order valence-corrected chi connectivity index (χ4v) is 3.47. The van der Waals surface area contributed by atoms with Crippen molar-refractivity contribution >= 4 is 31.9 Å². The minimum Gasteiger partial charge on any atom is -0.494 e. The van der Waals surface area contributed by atoms with Crippen LogP contribution in [0.1, 0.15) is 13.3 Å². The molecule has 0 spiro atoms. The van der Waals surface area contributed by atoms with E-state index in [4.69, 9.17) is 14.2 Å². The SMILES string of the molecule is CCOc1ccc(S(=O)(=O)NCCC(=O)OCCOc2ccc(Br)cc2)cc1. The first-order valence-electron chi connectivity index (χ1n) is 8.67. The van der Waals surface area contributed by atoms with E-state index in [1.165, 1.54) is 12.1 Å². The second kappa shape index (κ2) is 11.0. The highest BCUT2D eigenvalue weighted by atomic mass is 79.9. The van der Waals surface area contributed by atoms with Gasteiger partial charge in [-0.1, -0.05) is 15.9 Å². The van der Waals surface area contributed by atoms with Crippen molar-refractivity contribution in [1.82, 2.24) is 4.72 Å². The van der Waals surface area contributed by atoms with Crippen LogP contribution >= 0.6 is 15.9 Å². The molecule has 0 amide bonds. The van der Waals surface area contributed by atoms with Gasteiger partial charge in [-0.05, 0) is 55.5 Å². The molecule has 0 aromatic heterocycles. The molecule has 0 heterocycles. The van der Waals surface area contributed by atoms with Gasteiger partial charge >= 0.3 is 5.97 Å². The van der Waals surface area contributed by atoms with Gasteiger partial charge in [-0.2, -0.15) is 0 Å². The molecule has 0 aliphatic heterocycles. The number of esters is 1. The fourth-order valence-electron chi connectivity index (χ4n) is 2.17. The van der Waals surface area contributed by atoms with E-state index in [1.807, 2.05) is 19.1 Å². The molecule has 0 aliphatic rings. The summed E-state index contributed by atoms with van der Waals surface area (Å²) >= 11 is 3.33. The molecule has 28 heavy (non-hydrogen) atoms. The van der Waals surface area contributed by atoms with Gasteiger partial charge in [0.05, 0.1) is 17.9 Å². The van der Waals surface area contributed by atoms with Crippen LogP contribution in [0.4, 0.5) is 0 Å². The predicted octanol–water partition coefficient (Wildman–Crippen LogP) is 3.14. The highest BCUT2D eigenvalue weighted by Crippen LogP contribution is 2.16. The number of carbonyl (C=O) groups is 1. The molecule has 0 bridgehead atoms. The van der Waals surface area contributed by atoms with Crippen molar-refractivity contribution in [3.63, 3.8) is 0 Å². The fraction of sp³-hybridized carbons (Fsp3) is 0.316. The smallest absolute Gasteiger partial charge is 0.307 e. The Bertz CT molecular complexity index is 853. The molecule has 2 rings (SSSR count). The van der Waals surface area contributed by atoms with Gasteiger partial charge in [0.15, 0.2) is 0 Å². The average Bonchev–Trinajstić information content (AvgIpc) is 2.67. The molecule has 2 aromatic rings. The average molecular weight is 472 g/mol. The number of sulfonamides is 1. The van der Waals surface area contributed by atoms with E-state index < -0.39 is 16.0 Å². The highest BCUT2D eigenvalue weighted by Gasteiger charge is 2.14. The van der Waals surface area contributed by atoms with Crippen LogP contribution in [-0.2, 0) is 19.6 Å². The second-order valence-corrected chi connectivity index (χ2v) is 8.26. The summed E-state index contributed by atoms with van der Waals surface area (Å²) in [5, 5.41) is 0. The number of benzene rings is 2. The van der Waals surface area contributed by atoms with Gasteiger partial charge in [0.25, 0.3) is 0 Å². The van der Waals surface area contributed by atoms with Crippen LogP contribution in [0.3, 0.4) is 0 Å². The van der Waals surface area contributed by atoms with Gasteiger partial charge in [0.2, 0.25) is 10.0 Å². The first-order valence-corrected chi connectivity index (χ1v) is 10.9. The largest absolute Gasteiger partial charge is 0.494 e. The first-order chi connectivity index (χ1) is 13.4. The molecule has 9 heteroatoms. The lowest BCUT2D eigenvalue weighted by molar-refractivity contribution is -0.144. The zero-order chi connectivity index (χ0) is 20.4. The second-order valence-electron chi connectivity index (χ2n) is 5.58. The topological polar surface area (TPSA) is 90.9 Å². The monoisotopic (exact) mass is 471 g/mol. The number of nitrogens with one attached hydrogen (secondary N) is 1. The molecule has 152 valence electrons. The predicted molar refractivity (Wildman–Crippen MR) is 108 cm³/mol. The third-order valence-electron chi connectivity index (χ3n) is 3.49. The van der Waals surface area contributed by atoms with Gasteiger partial charge in [-0.15, -0.1) is 0 Å². The Morgan fingerprint density at radius 3 is 2.21 bits per heavy atom. The highest BCUT2D eigenvalue weighted by molar-refractivity contribution is 9.10. The van der Waals surface area contributed by atoms with Crippen molar-refractivity contribution in [1.29, 1.82) is 0 Å². The van der Waals surface area contributed by atoms with Crippen LogP contribution in [0.15, 0.2) is 57.9 Å². The molecule has 0 radical (unpaired) electrons. The van der Waals surface area contributed by atoms with Crippen molar-refractivity contribution in [3.05, 3.63) is 53.0 Å². The van der Waals surface area contributed by atoms with Crippen LogP contribution in [0, 0.1) is 0 Å². The summed E-state index contributed by atoms with van der Waals surface area (Å²) in [5.74, 6) is 0.756. The number of rotatable bonds is 11. The summed E-state index contributed by atoms with van der Waals surface area (Å²) in [4.78, 5) is 11.8. The molecule has 0 fully saturated rings. The van der Waals surface area contributed by atoms with Gasteiger partial charge in [-0.25, -0.2) is 13.1 Å². The third-order valence-corrected chi connectivity index (χ3v) is 5.50. The van der Waals surface area contributed by atoms with Gasteiger partial charge in [0, 0.05) is 11.0 Å². The molecular weight excluding hydrogens is 450 g/mol. The van der Waals surface area contributed by atoms with Gasteiger partial charge in [0.1, 0.15) is 24.7 Å². The third kappa shape index (κ3) is 7.49. The maximum absolute atomic E-state index is 12.2. The van der Waals surface area contributed by atoms with Gasteiger partial charge < -0.3 is 14.2 Å². The molecule has 0 saturated carbocycles. The molecule has 1 N–H and O–H groups in total. The van der Waals surface area contributed by atoms with Crippen molar-refractivity contribution in [2.75, 3.05) is 26.4 Å². The minimum absolute atomic E-state index is 0.0536. The quantitative estimate of drug-likeness (QED) is 0.399. The van der Waals surface area contributed by atoms with Crippen molar-refractivity contribution in [2.45, 2.75) is 18.2 Å². The van der Waals surface area contributed by atoms with Crippen LogP contribution in [0.25, 0.3) is 0 Å². The Hall–Kier alpha value is -2.10. The Labute approximate surface area is 173 Å². The van der Waals surface area contributed by atoms with E-state index in [0.29, 0.717) is 18.1 Å². The van der Waals surface area contributed by atoms with Crippen LogP contribution in [-0.4, -0.2) is 40.8 Å². The minimum atomic E-state index is -3.69. The number of halogens is 1. The molecule has 0 atom stereocenters. The zero-order valence-electron chi connectivity index (χ0n) is 15.4. The van der Waals surface area contributed by atoms with Crippen LogP contribution in [0.2, 0.25) is 0 Å². The lowest BCUT2D eigenvalue weighted by Crippen LogP contribution is -2.27. The van der Waals surface area contributed by atoms with Crippen molar-refractivity contribution < 1.29 is 27.4 Å². The molecular formula is C19H22BrNO6S. The molecule has 2 aromatic carbocycles. The first kappa shape index (κ1) is 22.2. The van der Waals surface area contributed by atoms with Crippen molar-refractivity contribution in [3.8, 4) is 11.5 Å². The standard InChI is InChI=1S/C19H22BrNO6S/c1-2-25-16-7-9-18(10-8-16)28(23,24)21-12-11-19(22)27-14-13-26-17-5-3-15(20)4-6-17/h3-10,21H,2,11-14H2,1H3. The Balaban J connectivity index is 1.67. The summed E-state index contributed by atoms with van der Waals surface area (Å²) in [7, 11) is -3.69. The number of hydrogen-bond acceptors (Lipinski definition) is 6. The number of ether oxygens (including phenoxy) is 3.